The van der Waals surface area contributed by atoms with Crippen LogP contribution in [0.1, 0.15) is 25.3 Å². The molecule has 2 rings (SSSR count). The summed E-state index contributed by atoms with van der Waals surface area (Å²) in [6.07, 6.45) is 3.56. The molecule has 16 heavy (non-hydrogen) atoms. The molecule has 0 bridgehead atoms. The predicted octanol–water partition coefficient (Wildman–Crippen LogP) is 3.00. The average Bonchev–Trinajstić information content (AvgIpc) is 2.30. The smallest absolute Gasteiger partial charge is 0.123 e. The first-order chi connectivity index (χ1) is 7.75. The molecular weight excluding hydrogens is 201 g/mol. The van der Waals surface area contributed by atoms with Crippen molar-refractivity contribution in [2.75, 3.05) is 13.1 Å². The molecule has 0 radical (unpaired) electrons. The number of hydrogen-bond acceptors (Lipinski definition) is 1. The van der Waals surface area contributed by atoms with Crippen LogP contribution >= 0.6 is 0 Å². The molecule has 1 saturated heterocycles. The highest BCUT2D eigenvalue weighted by Crippen LogP contribution is 2.23. The molecule has 0 aliphatic carbocycles. The number of piperidine rings is 1. The third kappa shape index (κ3) is 3.05. The third-order valence-electron chi connectivity index (χ3n) is 3.70. The molecule has 0 amide bonds. The second-order valence-corrected chi connectivity index (χ2v) is 4.90. The fourth-order valence-corrected chi connectivity index (χ4v) is 2.44. The Labute approximate surface area is 97.1 Å². The predicted molar refractivity (Wildman–Crippen MR) is 64.9 cm³/mol. The zero-order valence-electron chi connectivity index (χ0n) is 9.88. The van der Waals surface area contributed by atoms with Crippen LogP contribution in [0.25, 0.3) is 0 Å². The number of aryl methyl sites for hydroxylation is 1. The van der Waals surface area contributed by atoms with E-state index in [0.29, 0.717) is 0 Å². The molecule has 88 valence electrons. The van der Waals surface area contributed by atoms with Crippen LogP contribution in [0.15, 0.2) is 24.3 Å². The highest BCUT2D eigenvalue weighted by Gasteiger charge is 2.20. The molecule has 2 unspecified atom stereocenters. The van der Waals surface area contributed by atoms with Gasteiger partial charge in [0, 0.05) is 0 Å². The molecule has 1 aliphatic heterocycles. The maximum absolute atomic E-state index is 12.7. The van der Waals surface area contributed by atoms with E-state index in [1.54, 1.807) is 12.1 Å². The first kappa shape index (κ1) is 11.6. The van der Waals surface area contributed by atoms with Gasteiger partial charge in [0.25, 0.3) is 0 Å². The molecule has 1 N–H and O–H groups in total. The van der Waals surface area contributed by atoms with Crippen molar-refractivity contribution in [2.24, 2.45) is 11.8 Å². The molecule has 1 nitrogen and oxygen atoms in total. The van der Waals surface area contributed by atoms with Crippen LogP contribution < -0.4 is 5.32 Å². The average molecular weight is 221 g/mol. The number of rotatable bonds is 3. The van der Waals surface area contributed by atoms with E-state index >= 15 is 0 Å². The Hall–Kier alpha value is -0.890. The van der Waals surface area contributed by atoms with Gasteiger partial charge in [-0.3, -0.25) is 0 Å². The van der Waals surface area contributed by atoms with Crippen molar-refractivity contribution >= 4 is 0 Å². The zero-order chi connectivity index (χ0) is 11.4. The Morgan fingerprint density at radius 1 is 1.31 bits per heavy atom. The molecule has 1 aromatic rings. The van der Waals surface area contributed by atoms with Crippen molar-refractivity contribution in [1.29, 1.82) is 0 Å². The Balaban J connectivity index is 1.84. The summed E-state index contributed by atoms with van der Waals surface area (Å²) in [5.41, 5.74) is 1.25. The molecule has 0 spiro atoms. The first-order valence-electron chi connectivity index (χ1n) is 6.21. The van der Waals surface area contributed by atoms with E-state index in [-0.39, 0.29) is 5.82 Å². The minimum absolute atomic E-state index is 0.142. The van der Waals surface area contributed by atoms with Crippen molar-refractivity contribution in [3.63, 3.8) is 0 Å². The van der Waals surface area contributed by atoms with Gasteiger partial charge in [0.05, 0.1) is 0 Å². The van der Waals surface area contributed by atoms with E-state index < -0.39 is 0 Å². The molecule has 2 atom stereocenters. The SMILES string of the molecule is CC1CCNCC1CCc1ccc(F)cc1. The number of nitrogens with one attached hydrogen (secondary N) is 1. The maximum Gasteiger partial charge on any atom is 0.123 e. The lowest BCUT2D eigenvalue weighted by Gasteiger charge is -2.29. The Morgan fingerprint density at radius 3 is 2.75 bits per heavy atom. The topological polar surface area (TPSA) is 12.0 Å². The summed E-state index contributed by atoms with van der Waals surface area (Å²) in [5, 5.41) is 3.45. The molecule has 0 aromatic heterocycles. The first-order valence-corrected chi connectivity index (χ1v) is 6.21. The summed E-state index contributed by atoms with van der Waals surface area (Å²) in [6, 6.07) is 6.91. The minimum Gasteiger partial charge on any atom is -0.316 e. The van der Waals surface area contributed by atoms with Crippen LogP contribution in [0, 0.1) is 17.7 Å². The highest BCUT2D eigenvalue weighted by molar-refractivity contribution is 5.16. The van der Waals surface area contributed by atoms with Gasteiger partial charge in [0.1, 0.15) is 5.82 Å². The summed E-state index contributed by atoms with van der Waals surface area (Å²) in [7, 11) is 0. The lowest BCUT2D eigenvalue weighted by Crippen LogP contribution is -2.35. The van der Waals surface area contributed by atoms with Gasteiger partial charge in [0.2, 0.25) is 0 Å². The number of benzene rings is 1. The van der Waals surface area contributed by atoms with Crippen molar-refractivity contribution in [1.82, 2.24) is 5.32 Å². The van der Waals surface area contributed by atoms with Crippen LogP contribution in [-0.2, 0) is 6.42 Å². The minimum atomic E-state index is -0.142. The highest BCUT2D eigenvalue weighted by atomic mass is 19.1. The molecule has 1 heterocycles. The normalized spacial score (nSPS) is 25.6. The summed E-state index contributed by atoms with van der Waals surface area (Å²) in [6.45, 7) is 4.65. The molecule has 1 fully saturated rings. The van der Waals surface area contributed by atoms with Gasteiger partial charge in [-0.1, -0.05) is 19.1 Å². The van der Waals surface area contributed by atoms with Gasteiger partial charge in [-0.25, -0.2) is 4.39 Å². The zero-order valence-corrected chi connectivity index (χ0v) is 9.88. The molecular formula is C14H20FN. The Morgan fingerprint density at radius 2 is 2.06 bits per heavy atom. The van der Waals surface area contributed by atoms with Gasteiger partial charge in [-0.15, -0.1) is 0 Å². The van der Waals surface area contributed by atoms with Gasteiger partial charge in [-0.2, -0.15) is 0 Å². The van der Waals surface area contributed by atoms with Crippen LogP contribution in [0.2, 0.25) is 0 Å². The van der Waals surface area contributed by atoms with E-state index in [2.05, 4.69) is 12.2 Å². The fraction of sp³-hybridized carbons (Fsp3) is 0.571. The standard InChI is InChI=1S/C14H20FN/c1-11-8-9-16-10-13(11)5-2-12-3-6-14(15)7-4-12/h3-4,6-7,11,13,16H,2,5,8-10H2,1H3. The molecule has 2 heteroatoms. The molecule has 0 saturated carbocycles. The van der Waals surface area contributed by atoms with Crippen LogP contribution in [-0.4, -0.2) is 13.1 Å². The van der Waals surface area contributed by atoms with Gasteiger partial charge in [-0.05, 0) is 61.9 Å². The second-order valence-electron chi connectivity index (χ2n) is 4.90. The van der Waals surface area contributed by atoms with Gasteiger partial charge >= 0.3 is 0 Å². The van der Waals surface area contributed by atoms with Crippen LogP contribution in [0.4, 0.5) is 4.39 Å². The van der Waals surface area contributed by atoms with E-state index in [1.807, 2.05) is 12.1 Å². The van der Waals surface area contributed by atoms with E-state index in [0.717, 1.165) is 31.3 Å². The second kappa shape index (κ2) is 5.44. The van der Waals surface area contributed by atoms with E-state index in [1.165, 1.54) is 18.4 Å². The van der Waals surface area contributed by atoms with Crippen molar-refractivity contribution < 1.29 is 4.39 Å². The monoisotopic (exact) mass is 221 g/mol. The fourth-order valence-electron chi connectivity index (χ4n) is 2.44. The van der Waals surface area contributed by atoms with Crippen molar-refractivity contribution in [3.05, 3.63) is 35.6 Å². The van der Waals surface area contributed by atoms with Gasteiger partial charge < -0.3 is 5.32 Å². The summed E-state index contributed by atoms with van der Waals surface area (Å²) in [4.78, 5) is 0. The van der Waals surface area contributed by atoms with E-state index in [4.69, 9.17) is 0 Å². The molecule has 1 aromatic carbocycles. The Kier molecular flexibility index (Phi) is 3.94. The third-order valence-corrected chi connectivity index (χ3v) is 3.70. The Bertz CT molecular complexity index is 320. The summed E-state index contributed by atoms with van der Waals surface area (Å²) >= 11 is 0. The quantitative estimate of drug-likeness (QED) is 0.827. The lowest BCUT2D eigenvalue weighted by atomic mass is 9.84. The van der Waals surface area contributed by atoms with Crippen molar-refractivity contribution in [2.45, 2.75) is 26.2 Å². The van der Waals surface area contributed by atoms with Crippen molar-refractivity contribution in [3.8, 4) is 0 Å². The number of hydrogen-bond donors (Lipinski definition) is 1. The maximum atomic E-state index is 12.7. The largest absolute Gasteiger partial charge is 0.316 e. The van der Waals surface area contributed by atoms with Crippen LogP contribution in [0.3, 0.4) is 0 Å². The van der Waals surface area contributed by atoms with E-state index in [9.17, 15) is 4.39 Å². The van der Waals surface area contributed by atoms with Crippen LogP contribution in [0.5, 0.6) is 0 Å². The molecule has 1 aliphatic rings. The lowest BCUT2D eigenvalue weighted by molar-refractivity contribution is 0.260. The summed E-state index contributed by atoms with van der Waals surface area (Å²) < 4.78 is 12.7. The number of halogens is 1. The van der Waals surface area contributed by atoms with Gasteiger partial charge in [0.15, 0.2) is 0 Å². The summed E-state index contributed by atoms with van der Waals surface area (Å²) in [5.74, 6) is 1.46.